The summed E-state index contributed by atoms with van der Waals surface area (Å²) < 4.78 is 37.6. The van der Waals surface area contributed by atoms with Crippen LogP contribution in [0.4, 0.5) is 5.69 Å². The first kappa shape index (κ1) is 22.5. The van der Waals surface area contributed by atoms with E-state index >= 15 is 0 Å². The molecule has 0 aromatic heterocycles. The van der Waals surface area contributed by atoms with E-state index in [1.807, 2.05) is 18.2 Å². The third-order valence-electron chi connectivity index (χ3n) is 5.36. The molecule has 2 aliphatic rings. The summed E-state index contributed by atoms with van der Waals surface area (Å²) in [6, 6.07) is 10.2. The Morgan fingerprint density at radius 3 is 2.61 bits per heavy atom. The molecular weight excluding hydrogens is 462 g/mol. The minimum Gasteiger partial charge on any atom is -0.486 e. The zero-order chi connectivity index (χ0) is 22.4. The van der Waals surface area contributed by atoms with Gasteiger partial charge in [0.25, 0.3) is 0 Å². The maximum Gasteiger partial charge on any atom is 0.244 e. The summed E-state index contributed by atoms with van der Waals surface area (Å²) >= 11 is 7.67. The summed E-state index contributed by atoms with van der Waals surface area (Å²) in [5.41, 5.74) is -0.349. The highest BCUT2D eigenvalue weighted by Crippen LogP contribution is 2.43. The first-order valence-corrected chi connectivity index (χ1v) is 12.5. The lowest BCUT2D eigenvalue weighted by atomic mass is 10.0. The normalized spacial score (nSPS) is 23.9. The van der Waals surface area contributed by atoms with Gasteiger partial charge in [0.1, 0.15) is 23.6 Å². The average molecular weight is 486 g/mol. The van der Waals surface area contributed by atoms with Crippen molar-refractivity contribution in [3.8, 4) is 11.5 Å². The molecule has 0 amide bonds. The second kappa shape index (κ2) is 8.34. The topological polar surface area (TPSA) is 91.3 Å². The molecule has 168 valence electrons. The molecular formula is C20H24ClN3O5S2. The quantitative estimate of drug-likeness (QED) is 0.667. The maximum absolute atomic E-state index is 12.6. The van der Waals surface area contributed by atoms with Gasteiger partial charge in [0.2, 0.25) is 10.0 Å². The van der Waals surface area contributed by atoms with Gasteiger partial charge in [0.15, 0.2) is 17.2 Å². The fourth-order valence-corrected chi connectivity index (χ4v) is 6.22. The van der Waals surface area contributed by atoms with Crippen molar-refractivity contribution in [3.05, 3.63) is 47.0 Å². The van der Waals surface area contributed by atoms with Crippen molar-refractivity contribution in [2.45, 2.75) is 16.1 Å². The SMILES string of the molecule is CN1C(Nc2ccc3c(c2)OCCO3)SCC1(O)c1ccc(Cl)c(S(=O)(=O)N(C)C)c1. The zero-order valence-corrected chi connectivity index (χ0v) is 19.7. The molecule has 8 nitrogen and oxygen atoms in total. The number of ether oxygens (including phenoxy) is 2. The van der Waals surface area contributed by atoms with Crippen LogP contribution in [0.1, 0.15) is 5.56 Å². The minimum atomic E-state index is -3.75. The Kier molecular flexibility index (Phi) is 6.06. The van der Waals surface area contributed by atoms with Crippen molar-refractivity contribution in [2.75, 3.05) is 45.4 Å². The van der Waals surface area contributed by atoms with Crippen molar-refractivity contribution in [1.29, 1.82) is 0 Å². The average Bonchev–Trinajstić information content (AvgIpc) is 3.03. The van der Waals surface area contributed by atoms with Gasteiger partial charge in [0.05, 0.1) is 5.02 Å². The van der Waals surface area contributed by atoms with Gasteiger partial charge in [-0.15, -0.1) is 11.8 Å². The van der Waals surface area contributed by atoms with Crippen LogP contribution in [0.15, 0.2) is 41.3 Å². The Balaban J connectivity index is 1.59. The number of thioether (sulfide) groups is 1. The molecule has 2 aromatic rings. The van der Waals surface area contributed by atoms with Crippen LogP contribution in [0.2, 0.25) is 5.02 Å². The number of fused-ring (bicyclic) bond motifs is 1. The summed E-state index contributed by atoms with van der Waals surface area (Å²) in [7, 11) is 0.916. The number of sulfonamides is 1. The van der Waals surface area contributed by atoms with E-state index in [1.54, 1.807) is 18.0 Å². The van der Waals surface area contributed by atoms with E-state index in [-0.39, 0.29) is 15.4 Å². The van der Waals surface area contributed by atoms with Crippen molar-refractivity contribution in [1.82, 2.24) is 9.21 Å². The third kappa shape index (κ3) is 4.08. The van der Waals surface area contributed by atoms with Gasteiger partial charge in [0, 0.05) is 37.2 Å². The molecule has 2 N–H and O–H groups in total. The molecule has 1 saturated heterocycles. The second-order valence-corrected chi connectivity index (χ2v) is 11.1. The Morgan fingerprint density at radius 1 is 1.19 bits per heavy atom. The lowest BCUT2D eigenvalue weighted by Gasteiger charge is -2.34. The molecule has 11 heteroatoms. The number of hydrogen-bond donors (Lipinski definition) is 2. The van der Waals surface area contributed by atoms with Gasteiger partial charge in [-0.25, -0.2) is 17.6 Å². The van der Waals surface area contributed by atoms with Gasteiger partial charge in [-0.3, -0.25) is 0 Å². The predicted octanol–water partition coefficient (Wildman–Crippen LogP) is 2.58. The van der Waals surface area contributed by atoms with Gasteiger partial charge in [-0.2, -0.15) is 0 Å². The fraction of sp³-hybridized carbons (Fsp3) is 0.400. The molecule has 0 aliphatic carbocycles. The standard InChI is InChI=1S/C20H24ClN3O5S2/c1-23(2)31(26,27)18-10-13(4-6-15(18)21)20(25)12-30-19(24(20)3)22-14-5-7-16-17(11-14)29-9-8-28-16/h4-7,10-11,19,22,25H,8-9,12H2,1-3H3. The molecule has 2 atom stereocenters. The van der Waals surface area contributed by atoms with Crippen LogP contribution in [0.25, 0.3) is 0 Å². The molecule has 0 radical (unpaired) electrons. The summed E-state index contributed by atoms with van der Waals surface area (Å²) in [4.78, 5) is 1.73. The summed E-state index contributed by atoms with van der Waals surface area (Å²) in [5, 5.41) is 15.0. The zero-order valence-electron chi connectivity index (χ0n) is 17.3. The molecule has 2 unspecified atom stereocenters. The molecule has 2 heterocycles. The minimum absolute atomic E-state index is 0.0354. The number of halogens is 1. The summed E-state index contributed by atoms with van der Waals surface area (Å²) in [6.45, 7) is 1.03. The van der Waals surface area contributed by atoms with E-state index in [1.165, 1.54) is 38.0 Å². The van der Waals surface area contributed by atoms with Crippen LogP contribution in [0, 0.1) is 0 Å². The molecule has 0 spiro atoms. The largest absolute Gasteiger partial charge is 0.486 e. The Morgan fingerprint density at radius 2 is 1.90 bits per heavy atom. The van der Waals surface area contributed by atoms with Crippen molar-refractivity contribution < 1.29 is 23.0 Å². The number of aliphatic hydroxyl groups is 1. The second-order valence-electron chi connectivity index (χ2n) is 7.53. The number of rotatable bonds is 5. The highest BCUT2D eigenvalue weighted by atomic mass is 35.5. The molecule has 2 aliphatic heterocycles. The monoisotopic (exact) mass is 485 g/mol. The lowest BCUT2D eigenvalue weighted by Crippen LogP contribution is -2.46. The van der Waals surface area contributed by atoms with Gasteiger partial charge in [-0.05, 0) is 31.3 Å². The summed E-state index contributed by atoms with van der Waals surface area (Å²) in [5.74, 6) is 1.72. The van der Waals surface area contributed by atoms with E-state index in [2.05, 4.69) is 5.32 Å². The molecule has 0 saturated carbocycles. The van der Waals surface area contributed by atoms with Gasteiger partial charge >= 0.3 is 0 Å². The molecule has 0 bridgehead atoms. The molecule has 31 heavy (non-hydrogen) atoms. The van der Waals surface area contributed by atoms with E-state index in [0.29, 0.717) is 36.0 Å². The molecule has 4 rings (SSSR count). The summed E-state index contributed by atoms with van der Waals surface area (Å²) in [6.07, 6.45) is 0. The maximum atomic E-state index is 12.6. The van der Waals surface area contributed by atoms with E-state index in [9.17, 15) is 13.5 Å². The van der Waals surface area contributed by atoms with Crippen molar-refractivity contribution in [2.24, 2.45) is 0 Å². The third-order valence-corrected chi connectivity index (χ3v) is 8.98. The van der Waals surface area contributed by atoms with Crippen LogP contribution in [-0.2, 0) is 15.7 Å². The highest BCUT2D eigenvalue weighted by Gasteiger charge is 2.45. The van der Waals surface area contributed by atoms with E-state index in [0.717, 1.165) is 9.99 Å². The first-order chi connectivity index (χ1) is 14.6. The number of benzene rings is 2. The Hall–Kier alpha value is -1.69. The fourth-order valence-electron chi connectivity index (χ4n) is 3.45. The Labute approximate surface area is 191 Å². The van der Waals surface area contributed by atoms with E-state index < -0.39 is 15.7 Å². The Bertz CT molecular complexity index is 1100. The smallest absolute Gasteiger partial charge is 0.244 e. The molecule has 2 aromatic carbocycles. The number of nitrogens with zero attached hydrogens (tertiary/aromatic N) is 2. The van der Waals surface area contributed by atoms with Crippen LogP contribution >= 0.6 is 23.4 Å². The van der Waals surface area contributed by atoms with Crippen LogP contribution in [-0.4, -0.2) is 68.3 Å². The van der Waals surface area contributed by atoms with Crippen molar-refractivity contribution >= 4 is 39.1 Å². The van der Waals surface area contributed by atoms with E-state index in [4.69, 9.17) is 21.1 Å². The van der Waals surface area contributed by atoms with Crippen LogP contribution in [0.3, 0.4) is 0 Å². The predicted molar refractivity (Wildman–Crippen MR) is 121 cm³/mol. The highest BCUT2D eigenvalue weighted by molar-refractivity contribution is 8.00. The lowest BCUT2D eigenvalue weighted by molar-refractivity contribution is -0.0736. The number of anilines is 1. The number of nitrogens with one attached hydrogen (secondary N) is 1. The van der Waals surface area contributed by atoms with Crippen LogP contribution < -0.4 is 14.8 Å². The van der Waals surface area contributed by atoms with Gasteiger partial charge in [-0.1, -0.05) is 17.7 Å². The van der Waals surface area contributed by atoms with Crippen molar-refractivity contribution in [3.63, 3.8) is 0 Å². The first-order valence-electron chi connectivity index (χ1n) is 9.58. The number of hydrogen-bond acceptors (Lipinski definition) is 8. The van der Waals surface area contributed by atoms with Crippen LogP contribution in [0.5, 0.6) is 11.5 Å². The molecule has 1 fully saturated rings. The van der Waals surface area contributed by atoms with Gasteiger partial charge < -0.3 is 19.9 Å².